The zero-order valence-electron chi connectivity index (χ0n) is 8.18. The molecule has 0 bridgehead atoms. The predicted molar refractivity (Wildman–Crippen MR) is 47.7 cm³/mol. The van der Waals surface area contributed by atoms with Gasteiger partial charge in [-0.15, -0.1) is 0 Å². The fourth-order valence-corrected chi connectivity index (χ4v) is 0.601. The Hall–Kier alpha value is -0.610. The normalized spacial score (nSPS) is 14.1. The molecule has 0 aliphatic rings. The van der Waals surface area contributed by atoms with Gasteiger partial charge in [0.1, 0.15) is 6.04 Å². The van der Waals surface area contributed by atoms with Gasteiger partial charge in [0.15, 0.2) is 0 Å². The zero-order chi connectivity index (χ0) is 9.78. The molecule has 0 saturated carbocycles. The molecule has 0 fully saturated rings. The van der Waals surface area contributed by atoms with Crippen molar-refractivity contribution < 1.29 is 9.53 Å². The van der Waals surface area contributed by atoms with Gasteiger partial charge < -0.3 is 15.8 Å². The third-order valence-corrected chi connectivity index (χ3v) is 1.28. The van der Waals surface area contributed by atoms with Gasteiger partial charge in [-0.25, -0.2) is 0 Å². The van der Waals surface area contributed by atoms with Gasteiger partial charge >= 0.3 is 0 Å². The fraction of sp³-hybridized carbons (Fsp3) is 0.875. The number of nitrogens with one attached hydrogen (secondary N) is 1. The maximum Gasteiger partial charge on any atom is 0.239 e. The maximum absolute atomic E-state index is 10.9. The summed E-state index contributed by atoms with van der Waals surface area (Å²) in [4.78, 5) is 10.9. The lowest BCUT2D eigenvalue weighted by atomic mass is 10.2. The van der Waals surface area contributed by atoms with E-state index in [0.717, 1.165) is 0 Å². The molecule has 0 aliphatic carbocycles. The Morgan fingerprint density at radius 1 is 1.58 bits per heavy atom. The highest BCUT2D eigenvalue weighted by atomic mass is 16.5. The summed E-state index contributed by atoms with van der Waals surface area (Å²) in [6, 6.07) is -0.575. The van der Waals surface area contributed by atoms with Crippen LogP contribution in [0.15, 0.2) is 0 Å². The predicted octanol–water partition coefficient (Wildman–Crippen LogP) is -0.125. The van der Waals surface area contributed by atoms with Crippen LogP contribution in [0.2, 0.25) is 0 Å². The summed E-state index contributed by atoms with van der Waals surface area (Å²) >= 11 is 0. The molecule has 0 aliphatic heterocycles. The van der Waals surface area contributed by atoms with E-state index in [9.17, 15) is 4.79 Å². The van der Waals surface area contributed by atoms with Crippen molar-refractivity contribution in [3.05, 3.63) is 0 Å². The number of ether oxygens (including phenoxy) is 1. The van der Waals surface area contributed by atoms with Crippen LogP contribution in [0.5, 0.6) is 0 Å². The molecule has 0 heterocycles. The fourth-order valence-electron chi connectivity index (χ4n) is 0.601. The van der Waals surface area contributed by atoms with E-state index in [1.54, 1.807) is 7.05 Å². The lowest BCUT2D eigenvalue weighted by Crippen LogP contribution is -2.43. The summed E-state index contributed by atoms with van der Waals surface area (Å²) in [6.45, 7) is 6.01. The van der Waals surface area contributed by atoms with E-state index in [-0.39, 0.29) is 18.1 Å². The highest BCUT2D eigenvalue weighted by Crippen LogP contribution is 2.06. The average Bonchev–Trinajstić information content (AvgIpc) is 1.97. The maximum atomic E-state index is 10.9. The van der Waals surface area contributed by atoms with Crippen molar-refractivity contribution in [1.82, 2.24) is 5.32 Å². The van der Waals surface area contributed by atoms with E-state index >= 15 is 0 Å². The minimum atomic E-state index is -0.575. The summed E-state index contributed by atoms with van der Waals surface area (Å²) in [5.41, 5.74) is 5.25. The van der Waals surface area contributed by atoms with Gasteiger partial charge in [0.2, 0.25) is 5.91 Å². The van der Waals surface area contributed by atoms with Gasteiger partial charge in [-0.2, -0.15) is 0 Å². The van der Waals surface area contributed by atoms with E-state index < -0.39 is 6.04 Å². The van der Waals surface area contributed by atoms with Crippen molar-refractivity contribution >= 4 is 5.91 Å². The van der Waals surface area contributed by atoms with E-state index in [0.29, 0.717) is 0 Å². The highest BCUT2D eigenvalue weighted by Gasteiger charge is 2.16. The summed E-state index contributed by atoms with van der Waals surface area (Å²) in [5.74, 6) is -0.195. The summed E-state index contributed by atoms with van der Waals surface area (Å²) in [7, 11) is 1.55. The molecule has 0 aromatic rings. The van der Waals surface area contributed by atoms with Crippen LogP contribution < -0.4 is 11.1 Å². The molecular weight excluding hydrogens is 156 g/mol. The van der Waals surface area contributed by atoms with Crippen LogP contribution in [-0.2, 0) is 9.53 Å². The summed E-state index contributed by atoms with van der Waals surface area (Å²) in [5, 5.41) is 2.46. The minimum absolute atomic E-state index is 0.195. The topological polar surface area (TPSA) is 64.4 Å². The van der Waals surface area contributed by atoms with Gasteiger partial charge in [0.05, 0.1) is 12.2 Å². The quantitative estimate of drug-likeness (QED) is 0.626. The van der Waals surface area contributed by atoms with Crippen molar-refractivity contribution in [2.75, 3.05) is 13.7 Å². The van der Waals surface area contributed by atoms with Gasteiger partial charge in [0.25, 0.3) is 0 Å². The Balaban J connectivity index is 3.72. The molecule has 72 valence electrons. The lowest BCUT2D eigenvalue weighted by molar-refractivity contribution is -0.124. The van der Waals surface area contributed by atoms with Crippen LogP contribution in [0.4, 0.5) is 0 Å². The molecule has 0 rings (SSSR count). The Kier molecular flexibility index (Phi) is 4.20. The molecule has 3 N–H and O–H groups in total. The smallest absolute Gasteiger partial charge is 0.239 e. The van der Waals surface area contributed by atoms with Gasteiger partial charge in [-0.3, -0.25) is 4.79 Å². The van der Waals surface area contributed by atoms with Crippen molar-refractivity contribution in [1.29, 1.82) is 0 Å². The van der Waals surface area contributed by atoms with Crippen LogP contribution in [0.1, 0.15) is 20.8 Å². The van der Waals surface area contributed by atoms with E-state index in [2.05, 4.69) is 5.32 Å². The van der Waals surface area contributed by atoms with Crippen LogP contribution >= 0.6 is 0 Å². The Morgan fingerprint density at radius 3 is 2.42 bits per heavy atom. The van der Waals surface area contributed by atoms with Gasteiger partial charge in [0, 0.05) is 7.05 Å². The van der Waals surface area contributed by atoms with Crippen molar-refractivity contribution in [3.63, 3.8) is 0 Å². The molecule has 4 heteroatoms. The SMILES string of the molecule is CNC(=O)[C@@H](N)COC(C)(C)C. The molecule has 0 radical (unpaired) electrons. The first-order valence-corrected chi connectivity index (χ1v) is 3.98. The van der Waals surface area contributed by atoms with Gasteiger partial charge in [-0.05, 0) is 20.8 Å². The van der Waals surface area contributed by atoms with E-state index in [1.165, 1.54) is 0 Å². The molecule has 0 saturated heterocycles. The third kappa shape index (κ3) is 5.09. The second-order valence-corrected chi connectivity index (χ2v) is 3.64. The number of rotatable bonds is 3. The van der Waals surface area contributed by atoms with Crippen LogP contribution in [-0.4, -0.2) is 31.2 Å². The number of likely N-dealkylation sites (N-methyl/N-ethyl adjacent to an activating group) is 1. The molecule has 0 unspecified atom stereocenters. The molecule has 12 heavy (non-hydrogen) atoms. The monoisotopic (exact) mass is 174 g/mol. The first-order valence-electron chi connectivity index (χ1n) is 3.98. The Morgan fingerprint density at radius 2 is 2.08 bits per heavy atom. The molecule has 4 nitrogen and oxygen atoms in total. The first-order chi connectivity index (χ1) is 5.37. The van der Waals surface area contributed by atoms with Crippen molar-refractivity contribution in [3.8, 4) is 0 Å². The summed E-state index contributed by atoms with van der Waals surface area (Å²) < 4.78 is 5.33. The zero-order valence-corrected chi connectivity index (χ0v) is 8.18. The van der Waals surface area contributed by atoms with Crippen molar-refractivity contribution in [2.45, 2.75) is 32.4 Å². The molecule has 0 aromatic heterocycles. The van der Waals surface area contributed by atoms with Crippen LogP contribution in [0.25, 0.3) is 0 Å². The number of carbonyl (C=O) groups is 1. The molecule has 1 atom stereocenters. The third-order valence-electron chi connectivity index (χ3n) is 1.28. The second-order valence-electron chi connectivity index (χ2n) is 3.64. The largest absolute Gasteiger partial charge is 0.374 e. The molecule has 0 spiro atoms. The van der Waals surface area contributed by atoms with Crippen LogP contribution in [0.3, 0.4) is 0 Å². The molecular formula is C8H18N2O2. The number of carbonyl (C=O) groups excluding carboxylic acids is 1. The van der Waals surface area contributed by atoms with E-state index in [4.69, 9.17) is 10.5 Å². The molecule has 1 amide bonds. The Bertz CT molecular complexity index is 152. The Labute approximate surface area is 73.5 Å². The van der Waals surface area contributed by atoms with Gasteiger partial charge in [-0.1, -0.05) is 0 Å². The number of amides is 1. The minimum Gasteiger partial charge on any atom is -0.374 e. The summed E-state index contributed by atoms with van der Waals surface area (Å²) in [6.07, 6.45) is 0. The number of hydrogen-bond donors (Lipinski definition) is 2. The average molecular weight is 174 g/mol. The number of nitrogens with two attached hydrogens (primary N) is 1. The van der Waals surface area contributed by atoms with Crippen LogP contribution in [0, 0.1) is 0 Å². The standard InChI is InChI=1S/C8H18N2O2/c1-8(2,3)12-5-6(9)7(11)10-4/h6H,5,9H2,1-4H3,(H,10,11)/t6-/m0/s1. The van der Waals surface area contributed by atoms with Crippen molar-refractivity contribution in [2.24, 2.45) is 5.73 Å². The second kappa shape index (κ2) is 4.42. The highest BCUT2D eigenvalue weighted by molar-refractivity contribution is 5.81. The first kappa shape index (κ1) is 11.4. The molecule has 0 aromatic carbocycles. The lowest BCUT2D eigenvalue weighted by Gasteiger charge is -2.21. The number of hydrogen-bond acceptors (Lipinski definition) is 3. The van der Waals surface area contributed by atoms with E-state index in [1.807, 2.05) is 20.8 Å².